The van der Waals surface area contributed by atoms with Gasteiger partial charge in [-0.25, -0.2) is 4.68 Å². The molecule has 0 saturated carbocycles. The average Bonchev–Trinajstić information content (AvgIpc) is 2.90. The van der Waals surface area contributed by atoms with Crippen LogP contribution in [0.1, 0.15) is 11.3 Å². The minimum Gasteiger partial charge on any atom is -0.295 e. The van der Waals surface area contributed by atoms with Gasteiger partial charge in [0.05, 0.1) is 16.9 Å². The van der Waals surface area contributed by atoms with Gasteiger partial charge in [-0.2, -0.15) is 5.26 Å². The third-order valence-electron chi connectivity index (χ3n) is 3.62. The SMILES string of the molecule is Cc1[nH]n(-c2ccc(Cl)cc2)c(=O)c1C=Nc1ccc(SC#N)cc1Br. The van der Waals surface area contributed by atoms with Crippen LogP contribution in [-0.4, -0.2) is 16.0 Å². The van der Waals surface area contributed by atoms with E-state index >= 15 is 0 Å². The Hall–Kier alpha value is -2.27. The first-order valence-corrected chi connectivity index (χ1v) is 9.45. The first kappa shape index (κ1) is 18.5. The van der Waals surface area contributed by atoms with Crippen molar-refractivity contribution in [3.8, 4) is 11.1 Å². The van der Waals surface area contributed by atoms with Crippen molar-refractivity contribution in [1.82, 2.24) is 9.78 Å². The second-order valence-corrected chi connectivity index (χ2v) is 7.48. The molecule has 0 radical (unpaired) electrons. The van der Waals surface area contributed by atoms with Crippen LogP contribution in [0.4, 0.5) is 5.69 Å². The monoisotopic (exact) mass is 446 g/mol. The van der Waals surface area contributed by atoms with Crippen LogP contribution in [0.5, 0.6) is 0 Å². The first-order valence-electron chi connectivity index (χ1n) is 7.46. The number of aryl methyl sites for hydroxylation is 1. The molecule has 1 aromatic heterocycles. The predicted molar refractivity (Wildman–Crippen MR) is 109 cm³/mol. The van der Waals surface area contributed by atoms with E-state index in [0.29, 0.717) is 27.7 Å². The van der Waals surface area contributed by atoms with Crippen LogP contribution >= 0.6 is 39.3 Å². The second kappa shape index (κ2) is 7.96. The number of nitrogens with zero attached hydrogens (tertiary/aromatic N) is 3. The van der Waals surface area contributed by atoms with Gasteiger partial charge in [0, 0.05) is 26.3 Å². The van der Waals surface area contributed by atoms with Crippen molar-refractivity contribution in [3.63, 3.8) is 0 Å². The Kier molecular flexibility index (Phi) is 5.67. The first-order chi connectivity index (χ1) is 12.5. The van der Waals surface area contributed by atoms with Gasteiger partial charge in [-0.1, -0.05) is 11.6 Å². The lowest BCUT2D eigenvalue weighted by atomic mass is 10.2. The molecule has 5 nitrogen and oxygen atoms in total. The fraction of sp³-hybridized carbons (Fsp3) is 0.0556. The molecule has 0 spiro atoms. The van der Waals surface area contributed by atoms with Crippen molar-refractivity contribution in [2.45, 2.75) is 11.8 Å². The van der Waals surface area contributed by atoms with Crippen LogP contribution in [0.25, 0.3) is 5.69 Å². The summed E-state index contributed by atoms with van der Waals surface area (Å²) >= 11 is 10.4. The van der Waals surface area contributed by atoms with Gasteiger partial charge in [-0.05, 0) is 77.1 Å². The molecular formula is C18H12BrClN4OS. The topological polar surface area (TPSA) is 73.9 Å². The molecule has 0 aliphatic carbocycles. The normalized spacial score (nSPS) is 11.0. The summed E-state index contributed by atoms with van der Waals surface area (Å²) in [4.78, 5) is 17.9. The average molecular weight is 448 g/mol. The Labute approximate surface area is 167 Å². The van der Waals surface area contributed by atoms with Gasteiger partial charge in [0.25, 0.3) is 5.56 Å². The van der Waals surface area contributed by atoms with E-state index < -0.39 is 0 Å². The van der Waals surface area contributed by atoms with Crippen molar-refractivity contribution in [2.24, 2.45) is 4.99 Å². The lowest BCUT2D eigenvalue weighted by Gasteiger charge is -2.00. The number of aromatic amines is 1. The van der Waals surface area contributed by atoms with Crippen LogP contribution in [0.3, 0.4) is 0 Å². The highest BCUT2D eigenvalue weighted by molar-refractivity contribution is 9.10. The maximum Gasteiger partial charge on any atom is 0.280 e. The van der Waals surface area contributed by atoms with Crippen LogP contribution in [-0.2, 0) is 0 Å². The Morgan fingerprint density at radius 1 is 1.31 bits per heavy atom. The van der Waals surface area contributed by atoms with Gasteiger partial charge in [-0.15, -0.1) is 0 Å². The molecule has 8 heteroatoms. The quantitative estimate of drug-likeness (QED) is 0.339. The molecule has 130 valence electrons. The number of nitrogens with one attached hydrogen (secondary N) is 1. The number of thioether (sulfide) groups is 1. The van der Waals surface area contributed by atoms with Crippen LogP contribution in [0.2, 0.25) is 5.02 Å². The lowest BCUT2D eigenvalue weighted by molar-refractivity contribution is 0.835. The van der Waals surface area contributed by atoms with Crippen molar-refractivity contribution in [2.75, 3.05) is 0 Å². The molecule has 2 aromatic carbocycles. The number of hydrogen-bond acceptors (Lipinski definition) is 4. The molecular weight excluding hydrogens is 436 g/mol. The largest absolute Gasteiger partial charge is 0.295 e. The van der Waals surface area contributed by atoms with Crippen LogP contribution in [0.15, 0.2) is 61.6 Å². The van der Waals surface area contributed by atoms with Gasteiger partial charge in [0.15, 0.2) is 0 Å². The van der Waals surface area contributed by atoms with Gasteiger partial charge in [-0.3, -0.25) is 14.9 Å². The number of H-pyrrole nitrogens is 1. The Bertz CT molecular complexity index is 1080. The standard InChI is InChI=1S/C18H12BrClN4OS/c1-11-15(9-22-17-7-6-14(26-10-21)8-16(17)19)18(25)24(23-11)13-4-2-12(20)3-5-13/h2-9,23H,1H3. The molecule has 0 bridgehead atoms. The third-order valence-corrected chi connectivity index (χ3v) is 5.09. The number of aromatic nitrogens is 2. The van der Waals surface area contributed by atoms with Gasteiger partial charge in [0.2, 0.25) is 0 Å². The summed E-state index contributed by atoms with van der Waals surface area (Å²) < 4.78 is 2.20. The fourth-order valence-corrected chi connectivity index (χ4v) is 3.50. The molecule has 0 atom stereocenters. The van der Waals surface area contributed by atoms with Crippen molar-refractivity contribution >= 4 is 51.2 Å². The maximum atomic E-state index is 12.7. The Morgan fingerprint density at radius 2 is 2.04 bits per heavy atom. The molecule has 26 heavy (non-hydrogen) atoms. The van der Waals surface area contributed by atoms with Crippen LogP contribution < -0.4 is 5.56 Å². The van der Waals surface area contributed by atoms with E-state index in [9.17, 15) is 4.79 Å². The molecule has 1 N–H and O–H groups in total. The number of aliphatic imine (C=N–C) groups is 1. The second-order valence-electron chi connectivity index (χ2n) is 5.33. The van der Waals surface area contributed by atoms with E-state index in [2.05, 4.69) is 26.0 Å². The van der Waals surface area contributed by atoms with Crippen LogP contribution in [0, 0.1) is 17.6 Å². The van der Waals surface area contributed by atoms with E-state index in [1.165, 1.54) is 10.9 Å². The molecule has 3 rings (SSSR count). The summed E-state index contributed by atoms with van der Waals surface area (Å²) in [5, 5.41) is 14.4. The number of halogens is 2. The number of benzene rings is 2. The predicted octanol–water partition coefficient (Wildman–Crippen LogP) is 5.21. The summed E-state index contributed by atoms with van der Waals surface area (Å²) in [5.41, 5.74) is 2.36. The highest BCUT2D eigenvalue weighted by Gasteiger charge is 2.11. The summed E-state index contributed by atoms with van der Waals surface area (Å²) in [5.74, 6) is 0. The Morgan fingerprint density at radius 3 is 2.69 bits per heavy atom. The summed E-state index contributed by atoms with van der Waals surface area (Å²) in [7, 11) is 0. The zero-order chi connectivity index (χ0) is 18.7. The number of rotatable bonds is 4. The van der Waals surface area contributed by atoms with E-state index in [0.717, 1.165) is 21.1 Å². The van der Waals surface area contributed by atoms with E-state index in [4.69, 9.17) is 16.9 Å². The number of hydrogen-bond donors (Lipinski definition) is 1. The highest BCUT2D eigenvalue weighted by Crippen LogP contribution is 2.30. The number of thiocyanates is 1. The maximum absolute atomic E-state index is 12.7. The molecule has 0 aliphatic heterocycles. The van der Waals surface area contributed by atoms with Crippen molar-refractivity contribution in [3.05, 3.63) is 73.6 Å². The molecule has 0 aliphatic rings. The minimum absolute atomic E-state index is 0.193. The molecule has 3 aromatic rings. The molecule has 0 saturated heterocycles. The van der Waals surface area contributed by atoms with E-state index in [1.54, 1.807) is 36.4 Å². The van der Waals surface area contributed by atoms with E-state index in [-0.39, 0.29) is 5.56 Å². The number of nitriles is 1. The zero-order valence-corrected chi connectivity index (χ0v) is 16.7. The third kappa shape index (κ3) is 3.93. The molecule has 0 amide bonds. The lowest BCUT2D eigenvalue weighted by Crippen LogP contribution is -2.17. The van der Waals surface area contributed by atoms with Gasteiger partial charge in [0.1, 0.15) is 5.40 Å². The summed E-state index contributed by atoms with van der Waals surface area (Å²) in [6.45, 7) is 1.82. The minimum atomic E-state index is -0.193. The smallest absolute Gasteiger partial charge is 0.280 e. The zero-order valence-electron chi connectivity index (χ0n) is 13.5. The van der Waals surface area contributed by atoms with Gasteiger partial charge >= 0.3 is 0 Å². The molecule has 1 heterocycles. The van der Waals surface area contributed by atoms with Crippen molar-refractivity contribution < 1.29 is 0 Å². The molecule has 0 unspecified atom stereocenters. The fourth-order valence-electron chi connectivity index (χ4n) is 2.33. The Balaban J connectivity index is 1.94. The van der Waals surface area contributed by atoms with E-state index in [1.807, 2.05) is 18.4 Å². The van der Waals surface area contributed by atoms with Crippen molar-refractivity contribution in [1.29, 1.82) is 5.26 Å². The summed E-state index contributed by atoms with van der Waals surface area (Å²) in [6.07, 6.45) is 1.54. The summed E-state index contributed by atoms with van der Waals surface area (Å²) in [6, 6.07) is 12.4. The van der Waals surface area contributed by atoms with Gasteiger partial charge < -0.3 is 0 Å². The highest BCUT2D eigenvalue weighted by atomic mass is 79.9. The molecule has 0 fully saturated rings.